The molecule has 3 rings (SSSR count). The van der Waals surface area contributed by atoms with Crippen molar-refractivity contribution in [3.05, 3.63) is 77.9 Å². The van der Waals surface area contributed by atoms with Crippen molar-refractivity contribution in [3.63, 3.8) is 0 Å². The second-order valence-electron chi connectivity index (χ2n) is 5.14. The number of para-hydroxylation sites is 2. The molecule has 1 amide bonds. The average Bonchev–Trinajstić information content (AvgIpc) is 2.59. The first-order valence-electron chi connectivity index (χ1n) is 7.35. The van der Waals surface area contributed by atoms with E-state index < -0.39 is 5.82 Å². The number of carbonyl (C=O) groups is 1. The van der Waals surface area contributed by atoms with Crippen LogP contribution in [0.25, 0.3) is 0 Å². The minimum atomic E-state index is -0.420. The van der Waals surface area contributed by atoms with Crippen molar-refractivity contribution in [1.82, 2.24) is 9.97 Å². The number of aromatic nitrogens is 2. The predicted octanol–water partition coefficient (Wildman–Crippen LogP) is 3.92. The summed E-state index contributed by atoms with van der Waals surface area (Å²) in [5, 5.41) is 5.56. The Morgan fingerprint density at radius 1 is 1.00 bits per heavy atom. The van der Waals surface area contributed by atoms with E-state index in [-0.39, 0.29) is 23.2 Å². The highest BCUT2D eigenvalue weighted by atomic mass is 19.1. The Labute approximate surface area is 138 Å². The Morgan fingerprint density at radius 3 is 2.46 bits per heavy atom. The molecule has 0 atom stereocenters. The van der Waals surface area contributed by atoms with Crippen molar-refractivity contribution < 1.29 is 9.18 Å². The normalized spacial score (nSPS) is 10.2. The van der Waals surface area contributed by atoms with Gasteiger partial charge in [0.15, 0.2) is 0 Å². The van der Waals surface area contributed by atoms with Gasteiger partial charge >= 0.3 is 0 Å². The third-order valence-corrected chi connectivity index (χ3v) is 3.40. The van der Waals surface area contributed by atoms with E-state index in [1.807, 2.05) is 31.2 Å². The van der Waals surface area contributed by atoms with Crippen molar-refractivity contribution in [2.45, 2.75) is 6.92 Å². The summed E-state index contributed by atoms with van der Waals surface area (Å²) in [6.07, 6.45) is 1.45. The molecule has 2 N–H and O–H groups in total. The van der Waals surface area contributed by atoms with Gasteiger partial charge in [-0.15, -0.1) is 0 Å². The zero-order valence-corrected chi connectivity index (χ0v) is 13.0. The third kappa shape index (κ3) is 3.55. The molecule has 0 unspecified atom stereocenters. The van der Waals surface area contributed by atoms with Crippen molar-refractivity contribution in [2.24, 2.45) is 0 Å². The summed E-state index contributed by atoms with van der Waals surface area (Å²) in [7, 11) is 0. The Kier molecular flexibility index (Phi) is 4.47. The summed E-state index contributed by atoms with van der Waals surface area (Å²) in [5.74, 6) is -0.628. The number of amides is 1. The number of hydrogen-bond acceptors (Lipinski definition) is 4. The molecule has 3 aromatic rings. The van der Waals surface area contributed by atoms with Gasteiger partial charge in [-0.05, 0) is 36.8 Å². The summed E-state index contributed by atoms with van der Waals surface area (Å²) >= 11 is 0. The van der Waals surface area contributed by atoms with E-state index in [1.165, 1.54) is 18.3 Å². The van der Waals surface area contributed by atoms with Crippen LogP contribution in [0, 0.1) is 12.7 Å². The highest BCUT2D eigenvalue weighted by Gasteiger charge is 2.11. The highest BCUT2D eigenvalue weighted by molar-refractivity contribution is 6.03. The summed E-state index contributed by atoms with van der Waals surface area (Å²) in [6, 6.07) is 15.1. The lowest BCUT2D eigenvalue weighted by atomic mass is 10.2. The van der Waals surface area contributed by atoms with Crippen LogP contribution in [0.15, 0.2) is 60.8 Å². The van der Waals surface area contributed by atoms with Gasteiger partial charge in [0, 0.05) is 11.9 Å². The fraction of sp³-hybridized carbons (Fsp3) is 0.0556. The van der Waals surface area contributed by atoms with Crippen LogP contribution < -0.4 is 10.6 Å². The molecular formula is C18H15FN4O. The summed E-state index contributed by atoms with van der Waals surface area (Å²) in [4.78, 5) is 20.5. The first kappa shape index (κ1) is 15.6. The first-order chi connectivity index (χ1) is 11.6. The summed E-state index contributed by atoms with van der Waals surface area (Å²) < 4.78 is 13.7. The quantitative estimate of drug-likeness (QED) is 0.764. The molecule has 0 aliphatic heterocycles. The predicted molar refractivity (Wildman–Crippen MR) is 90.8 cm³/mol. The third-order valence-electron chi connectivity index (χ3n) is 3.40. The monoisotopic (exact) mass is 322 g/mol. The van der Waals surface area contributed by atoms with Crippen LogP contribution in [0.5, 0.6) is 0 Å². The van der Waals surface area contributed by atoms with Gasteiger partial charge in [0.05, 0.1) is 5.69 Å². The van der Waals surface area contributed by atoms with E-state index in [0.29, 0.717) is 5.69 Å². The van der Waals surface area contributed by atoms with E-state index in [2.05, 4.69) is 20.6 Å². The van der Waals surface area contributed by atoms with Gasteiger partial charge in [0.1, 0.15) is 11.5 Å². The molecule has 2 aromatic carbocycles. The molecule has 120 valence electrons. The maximum Gasteiger partial charge on any atom is 0.274 e. The molecule has 5 nitrogen and oxygen atoms in total. The van der Waals surface area contributed by atoms with Crippen LogP contribution in [-0.2, 0) is 0 Å². The van der Waals surface area contributed by atoms with Gasteiger partial charge < -0.3 is 10.6 Å². The largest absolute Gasteiger partial charge is 0.322 e. The molecule has 0 radical (unpaired) electrons. The van der Waals surface area contributed by atoms with E-state index >= 15 is 0 Å². The number of hydrogen-bond donors (Lipinski definition) is 2. The smallest absolute Gasteiger partial charge is 0.274 e. The molecule has 6 heteroatoms. The van der Waals surface area contributed by atoms with Gasteiger partial charge in [-0.2, -0.15) is 0 Å². The fourth-order valence-corrected chi connectivity index (χ4v) is 2.13. The van der Waals surface area contributed by atoms with Gasteiger partial charge in [-0.25, -0.2) is 14.4 Å². The zero-order chi connectivity index (χ0) is 16.9. The maximum absolute atomic E-state index is 13.7. The van der Waals surface area contributed by atoms with E-state index in [4.69, 9.17) is 0 Å². The van der Waals surface area contributed by atoms with E-state index in [9.17, 15) is 9.18 Å². The fourth-order valence-electron chi connectivity index (χ4n) is 2.13. The number of rotatable bonds is 4. The first-order valence-corrected chi connectivity index (χ1v) is 7.35. The summed E-state index contributed by atoms with van der Waals surface area (Å²) in [6.45, 7) is 1.90. The number of nitrogens with zero attached hydrogens (tertiary/aromatic N) is 2. The second-order valence-corrected chi connectivity index (χ2v) is 5.14. The van der Waals surface area contributed by atoms with Crippen LogP contribution >= 0.6 is 0 Å². The Balaban J connectivity index is 1.79. The number of anilines is 3. The lowest BCUT2D eigenvalue weighted by molar-refractivity contribution is 0.102. The van der Waals surface area contributed by atoms with Crippen LogP contribution in [0.2, 0.25) is 0 Å². The minimum absolute atomic E-state index is 0.150. The molecule has 0 aliphatic carbocycles. The van der Waals surface area contributed by atoms with Crippen LogP contribution in [0.1, 0.15) is 16.1 Å². The molecular weight excluding hydrogens is 307 g/mol. The lowest BCUT2D eigenvalue weighted by Gasteiger charge is -2.09. The highest BCUT2D eigenvalue weighted by Crippen LogP contribution is 2.17. The zero-order valence-electron chi connectivity index (χ0n) is 13.0. The Hall–Kier alpha value is -3.28. The SMILES string of the molecule is Cc1ccccc1NC(=O)c1ccnc(Nc2ccccc2F)n1. The average molecular weight is 322 g/mol. The lowest BCUT2D eigenvalue weighted by Crippen LogP contribution is -2.15. The summed E-state index contributed by atoms with van der Waals surface area (Å²) in [5.41, 5.74) is 2.09. The van der Waals surface area contributed by atoms with Crippen LogP contribution in [-0.4, -0.2) is 15.9 Å². The number of aryl methyl sites for hydroxylation is 1. The number of nitrogens with one attached hydrogen (secondary N) is 2. The Morgan fingerprint density at radius 2 is 1.71 bits per heavy atom. The number of carbonyl (C=O) groups excluding carboxylic acids is 1. The van der Waals surface area contributed by atoms with Crippen LogP contribution in [0.3, 0.4) is 0 Å². The van der Waals surface area contributed by atoms with Gasteiger partial charge in [0.2, 0.25) is 5.95 Å². The van der Waals surface area contributed by atoms with E-state index in [1.54, 1.807) is 18.2 Å². The van der Waals surface area contributed by atoms with Crippen molar-refractivity contribution in [2.75, 3.05) is 10.6 Å². The van der Waals surface area contributed by atoms with Gasteiger partial charge in [-0.1, -0.05) is 30.3 Å². The van der Waals surface area contributed by atoms with E-state index in [0.717, 1.165) is 5.56 Å². The molecule has 0 aliphatic rings. The van der Waals surface area contributed by atoms with Gasteiger partial charge in [-0.3, -0.25) is 4.79 Å². The standard InChI is InChI=1S/C18H15FN4O/c1-12-6-2-4-8-14(12)21-17(24)16-10-11-20-18(23-16)22-15-9-5-3-7-13(15)19/h2-11H,1H3,(H,21,24)(H,20,22,23). The Bertz CT molecular complexity index is 882. The molecule has 0 saturated heterocycles. The molecule has 0 saturated carbocycles. The molecule has 0 bridgehead atoms. The van der Waals surface area contributed by atoms with Gasteiger partial charge in [0.25, 0.3) is 5.91 Å². The van der Waals surface area contributed by atoms with Crippen LogP contribution in [0.4, 0.5) is 21.7 Å². The maximum atomic E-state index is 13.7. The van der Waals surface area contributed by atoms with Crippen molar-refractivity contribution >= 4 is 23.2 Å². The number of benzene rings is 2. The topological polar surface area (TPSA) is 66.9 Å². The van der Waals surface area contributed by atoms with Crippen molar-refractivity contribution in [1.29, 1.82) is 0 Å². The second kappa shape index (κ2) is 6.87. The molecule has 1 aromatic heterocycles. The molecule has 24 heavy (non-hydrogen) atoms. The minimum Gasteiger partial charge on any atom is -0.322 e. The van der Waals surface area contributed by atoms with Crippen molar-refractivity contribution in [3.8, 4) is 0 Å². The molecule has 0 fully saturated rings. The molecule has 1 heterocycles. The number of halogens is 1. The molecule has 0 spiro atoms.